The van der Waals surface area contributed by atoms with Crippen LogP contribution in [0.1, 0.15) is 45.1 Å². The van der Waals surface area contributed by atoms with Crippen LogP contribution in [0.25, 0.3) is 0 Å². The van der Waals surface area contributed by atoms with Gasteiger partial charge in [0.1, 0.15) is 0 Å². The molecule has 0 heterocycles. The highest BCUT2D eigenvalue weighted by molar-refractivity contribution is 6.61. The van der Waals surface area contributed by atoms with Gasteiger partial charge in [0, 0.05) is 13.2 Å². The number of hydrogen-bond donors (Lipinski definition) is 0. The first-order chi connectivity index (χ1) is 9.99. The van der Waals surface area contributed by atoms with Crippen molar-refractivity contribution in [3.05, 3.63) is 29.8 Å². The zero-order valence-electron chi connectivity index (χ0n) is 12.6. The number of unbranched alkanes of at least 4 members (excludes halogenated alkanes) is 2. The third-order valence-corrected chi connectivity index (χ3v) is 3.02. The van der Waals surface area contributed by atoms with E-state index in [1.807, 2.05) is 13.8 Å². The molecule has 118 valence electrons. The molecular formula is C15H22BF3O2. The SMILES string of the molecule is CCCCOB(OCCCC)c1cccc(C(F)(F)F)c1. The van der Waals surface area contributed by atoms with Crippen LogP contribution in [0.5, 0.6) is 0 Å². The van der Waals surface area contributed by atoms with Gasteiger partial charge in [-0.25, -0.2) is 0 Å². The normalized spacial score (nSPS) is 11.7. The second-order valence-electron chi connectivity index (χ2n) is 4.90. The molecule has 6 heteroatoms. The minimum Gasteiger partial charge on any atom is -0.407 e. The topological polar surface area (TPSA) is 18.5 Å². The highest BCUT2D eigenvalue weighted by Gasteiger charge is 2.32. The van der Waals surface area contributed by atoms with Crippen LogP contribution in [0.15, 0.2) is 24.3 Å². The van der Waals surface area contributed by atoms with Gasteiger partial charge in [0.25, 0.3) is 0 Å². The number of hydrogen-bond acceptors (Lipinski definition) is 2. The molecule has 0 spiro atoms. The average molecular weight is 302 g/mol. The molecule has 0 fully saturated rings. The first kappa shape index (κ1) is 18.0. The third kappa shape index (κ3) is 6.53. The van der Waals surface area contributed by atoms with Crippen molar-refractivity contribution in [2.24, 2.45) is 0 Å². The summed E-state index contributed by atoms with van der Waals surface area (Å²) in [5.74, 6) is 0. The Bertz CT molecular complexity index is 400. The number of rotatable bonds is 9. The van der Waals surface area contributed by atoms with E-state index in [-0.39, 0.29) is 0 Å². The van der Waals surface area contributed by atoms with Crippen LogP contribution in [0.4, 0.5) is 13.2 Å². The Balaban J connectivity index is 2.80. The van der Waals surface area contributed by atoms with E-state index in [2.05, 4.69) is 0 Å². The first-order valence-corrected chi connectivity index (χ1v) is 7.39. The average Bonchev–Trinajstić information content (AvgIpc) is 2.45. The molecule has 0 N–H and O–H groups in total. The van der Waals surface area contributed by atoms with Gasteiger partial charge in [0.15, 0.2) is 0 Å². The standard InChI is InChI=1S/C15H22BF3O2/c1-3-5-10-20-16(21-11-6-4-2)14-9-7-8-13(12-14)15(17,18)19/h7-9,12H,3-6,10-11H2,1-2H3. The molecular weight excluding hydrogens is 280 g/mol. The van der Waals surface area contributed by atoms with E-state index in [9.17, 15) is 13.2 Å². The zero-order valence-corrected chi connectivity index (χ0v) is 12.6. The first-order valence-electron chi connectivity index (χ1n) is 7.39. The second-order valence-corrected chi connectivity index (χ2v) is 4.90. The van der Waals surface area contributed by atoms with Crippen LogP contribution in [0, 0.1) is 0 Å². The van der Waals surface area contributed by atoms with Crippen molar-refractivity contribution in [2.75, 3.05) is 13.2 Å². The maximum absolute atomic E-state index is 12.8. The van der Waals surface area contributed by atoms with Crippen LogP contribution < -0.4 is 5.46 Å². The summed E-state index contributed by atoms with van der Waals surface area (Å²) in [7, 11) is -0.731. The minimum absolute atomic E-state index is 0.414. The van der Waals surface area contributed by atoms with Gasteiger partial charge in [-0.05, 0) is 18.3 Å². The molecule has 2 nitrogen and oxygen atoms in total. The van der Waals surface area contributed by atoms with Crippen LogP contribution >= 0.6 is 0 Å². The lowest BCUT2D eigenvalue weighted by atomic mass is 9.78. The molecule has 0 aromatic heterocycles. The molecule has 0 atom stereocenters. The van der Waals surface area contributed by atoms with Gasteiger partial charge in [-0.15, -0.1) is 0 Å². The van der Waals surface area contributed by atoms with E-state index < -0.39 is 18.9 Å². The fourth-order valence-electron chi connectivity index (χ4n) is 1.77. The Hall–Kier alpha value is -1.01. The van der Waals surface area contributed by atoms with E-state index in [1.54, 1.807) is 6.07 Å². The molecule has 0 bridgehead atoms. The second kappa shape index (κ2) is 9.10. The van der Waals surface area contributed by atoms with Gasteiger partial charge in [-0.2, -0.15) is 13.2 Å². The summed E-state index contributed by atoms with van der Waals surface area (Å²) in [6, 6.07) is 5.15. The van der Waals surface area contributed by atoms with Gasteiger partial charge < -0.3 is 9.31 Å². The molecule has 0 aliphatic carbocycles. The lowest BCUT2D eigenvalue weighted by Crippen LogP contribution is -2.38. The lowest BCUT2D eigenvalue weighted by molar-refractivity contribution is -0.137. The van der Waals surface area contributed by atoms with E-state index in [0.29, 0.717) is 18.7 Å². The van der Waals surface area contributed by atoms with Crippen molar-refractivity contribution in [3.63, 3.8) is 0 Å². The van der Waals surface area contributed by atoms with Crippen LogP contribution in [-0.4, -0.2) is 20.3 Å². The van der Waals surface area contributed by atoms with Gasteiger partial charge in [-0.1, -0.05) is 51.0 Å². The number of alkyl halides is 3. The molecule has 0 aliphatic rings. The van der Waals surface area contributed by atoms with Crippen molar-refractivity contribution in [2.45, 2.75) is 45.7 Å². The number of halogens is 3. The molecule has 0 radical (unpaired) electrons. The predicted octanol–water partition coefficient (Wildman–Crippen LogP) is 4.03. The van der Waals surface area contributed by atoms with Crippen molar-refractivity contribution in [1.82, 2.24) is 0 Å². The van der Waals surface area contributed by atoms with Crippen LogP contribution in [0.3, 0.4) is 0 Å². The quantitative estimate of drug-likeness (QED) is 0.506. The lowest BCUT2D eigenvalue weighted by Gasteiger charge is -2.16. The van der Waals surface area contributed by atoms with Gasteiger partial charge in [0.05, 0.1) is 5.56 Å². The Morgan fingerprint density at radius 1 is 1.00 bits per heavy atom. The monoisotopic (exact) mass is 302 g/mol. The van der Waals surface area contributed by atoms with E-state index in [4.69, 9.17) is 9.31 Å². The Morgan fingerprint density at radius 2 is 1.57 bits per heavy atom. The number of benzene rings is 1. The van der Waals surface area contributed by atoms with Crippen molar-refractivity contribution in [1.29, 1.82) is 0 Å². The maximum Gasteiger partial charge on any atom is 0.493 e. The van der Waals surface area contributed by atoms with E-state index in [0.717, 1.165) is 37.8 Å². The van der Waals surface area contributed by atoms with Gasteiger partial charge >= 0.3 is 13.3 Å². The smallest absolute Gasteiger partial charge is 0.407 e. The van der Waals surface area contributed by atoms with Crippen molar-refractivity contribution in [3.8, 4) is 0 Å². The molecule has 21 heavy (non-hydrogen) atoms. The zero-order chi connectivity index (χ0) is 15.7. The minimum atomic E-state index is -4.35. The molecule has 1 aromatic rings. The summed E-state index contributed by atoms with van der Waals surface area (Å²) in [4.78, 5) is 0. The predicted molar refractivity (Wildman–Crippen MR) is 78.6 cm³/mol. The van der Waals surface area contributed by atoms with E-state index >= 15 is 0 Å². The molecule has 0 unspecified atom stereocenters. The highest BCUT2D eigenvalue weighted by atomic mass is 19.4. The molecule has 0 saturated carbocycles. The van der Waals surface area contributed by atoms with E-state index in [1.165, 1.54) is 6.07 Å². The highest BCUT2D eigenvalue weighted by Crippen LogP contribution is 2.28. The largest absolute Gasteiger partial charge is 0.493 e. The van der Waals surface area contributed by atoms with Crippen LogP contribution in [-0.2, 0) is 15.5 Å². The summed E-state index contributed by atoms with van der Waals surface area (Å²) in [5, 5.41) is 0. The summed E-state index contributed by atoms with van der Waals surface area (Å²) < 4.78 is 49.5. The summed E-state index contributed by atoms with van der Waals surface area (Å²) >= 11 is 0. The Kier molecular flexibility index (Phi) is 7.82. The van der Waals surface area contributed by atoms with Gasteiger partial charge in [-0.3, -0.25) is 0 Å². The maximum atomic E-state index is 12.8. The summed E-state index contributed by atoms with van der Waals surface area (Å²) in [6.07, 6.45) is -0.721. The summed E-state index contributed by atoms with van der Waals surface area (Å²) in [5.41, 5.74) is -0.264. The Morgan fingerprint density at radius 3 is 2.05 bits per heavy atom. The Labute approximate surface area is 124 Å². The molecule has 1 rings (SSSR count). The fraction of sp³-hybridized carbons (Fsp3) is 0.600. The van der Waals surface area contributed by atoms with Gasteiger partial charge in [0.2, 0.25) is 0 Å². The van der Waals surface area contributed by atoms with Crippen molar-refractivity contribution < 1.29 is 22.5 Å². The third-order valence-electron chi connectivity index (χ3n) is 3.02. The summed E-state index contributed by atoms with van der Waals surface area (Å²) in [6.45, 7) is 5.01. The molecule has 1 aromatic carbocycles. The fourth-order valence-corrected chi connectivity index (χ4v) is 1.77. The van der Waals surface area contributed by atoms with Crippen LogP contribution in [0.2, 0.25) is 0 Å². The van der Waals surface area contributed by atoms with Crippen molar-refractivity contribution >= 4 is 12.6 Å². The molecule has 0 saturated heterocycles. The molecule has 0 amide bonds. The molecule has 0 aliphatic heterocycles.